The van der Waals surface area contributed by atoms with Gasteiger partial charge in [0.2, 0.25) is 0 Å². The van der Waals surface area contributed by atoms with Crippen molar-refractivity contribution >= 4 is 17.5 Å². The van der Waals surface area contributed by atoms with Crippen LogP contribution in [-0.4, -0.2) is 16.3 Å². The summed E-state index contributed by atoms with van der Waals surface area (Å²) in [5.74, 6) is 1.20. The van der Waals surface area contributed by atoms with E-state index in [1.54, 1.807) is 6.92 Å². The first-order valence-electron chi connectivity index (χ1n) is 5.50. The van der Waals surface area contributed by atoms with Crippen LogP contribution in [-0.2, 0) is 4.79 Å². The average Bonchev–Trinajstić information content (AvgIpc) is 1.97. The number of thioether (sulfide) groups is 1. The molecule has 0 aliphatic rings. The zero-order chi connectivity index (χ0) is 11.3. The van der Waals surface area contributed by atoms with Crippen molar-refractivity contribution in [1.82, 2.24) is 0 Å². The standard InChI is InChI=1S/C12H24OS/c1-8(2)7-12(10(5)13)11(6)14-9(3)4/h8-9,11-12H,7H2,1-6H3. The van der Waals surface area contributed by atoms with Gasteiger partial charge >= 0.3 is 0 Å². The van der Waals surface area contributed by atoms with Gasteiger partial charge in [0.15, 0.2) is 0 Å². The van der Waals surface area contributed by atoms with Gasteiger partial charge in [0, 0.05) is 11.2 Å². The summed E-state index contributed by atoms with van der Waals surface area (Å²) in [6.07, 6.45) is 1.02. The smallest absolute Gasteiger partial charge is 0.134 e. The zero-order valence-corrected chi connectivity index (χ0v) is 11.1. The van der Waals surface area contributed by atoms with Crippen molar-refractivity contribution in [1.29, 1.82) is 0 Å². The highest BCUT2D eigenvalue weighted by Crippen LogP contribution is 2.28. The van der Waals surface area contributed by atoms with E-state index in [4.69, 9.17) is 0 Å². The molecule has 0 aromatic carbocycles. The molecule has 0 rings (SSSR count). The lowest BCUT2D eigenvalue weighted by Gasteiger charge is -2.24. The second kappa shape index (κ2) is 6.49. The van der Waals surface area contributed by atoms with Gasteiger partial charge in [0.1, 0.15) is 5.78 Å². The Labute approximate surface area is 93.0 Å². The van der Waals surface area contributed by atoms with Gasteiger partial charge in [0.25, 0.3) is 0 Å². The Morgan fingerprint density at radius 2 is 1.64 bits per heavy atom. The van der Waals surface area contributed by atoms with E-state index in [1.165, 1.54) is 0 Å². The zero-order valence-electron chi connectivity index (χ0n) is 10.3. The summed E-state index contributed by atoms with van der Waals surface area (Å²) in [6.45, 7) is 12.6. The van der Waals surface area contributed by atoms with Crippen molar-refractivity contribution in [2.45, 2.75) is 58.5 Å². The van der Waals surface area contributed by atoms with Crippen LogP contribution in [0.5, 0.6) is 0 Å². The third-order valence-electron chi connectivity index (χ3n) is 2.30. The van der Waals surface area contributed by atoms with E-state index in [0.717, 1.165) is 6.42 Å². The first kappa shape index (κ1) is 14.0. The summed E-state index contributed by atoms with van der Waals surface area (Å²) in [5, 5.41) is 1.06. The number of carbonyl (C=O) groups is 1. The molecule has 2 atom stereocenters. The van der Waals surface area contributed by atoms with Crippen LogP contribution >= 0.6 is 11.8 Å². The molecule has 0 heterocycles. The van der Waals surface area contributed by atoms with Crippen molar-refractivity contribution in [3.8, 4) is 0 Å². The molecule has 1 nitrogen and oxygen atoms in total. The van der Waals surface area contributed by atoms with Crippen LogP contribution in [0.25, 0.3) is 0 Å². The van der Waals surface area contributed by atoms with Crippen molar-refractivity contribution in [3.63, 3.8) is 0 Å². The fraction of sp³-hybridized carbons (Fsp3) is 0.917. The van der Waals surface area contributed by atoms with Crippen LogP contribution < -0.4 is 0 Å². The number of rotatable bonds is 6. The van der Waals surface area contributed by atoms with Crippen LogP contribution in [0.4, 0.5) is 0 Å². The first-order valence-corrected chi connectivity index (χ1v) is 6.44. The van der Waals surface area contributed by atoms with E-state index in [1.807, 2.05) is 11.8 Å². The van der Waals surface area contributed by atoms with Crippen molar-refractivity contribution in [2.24, 2.45) is 11.8 Å². The molecule has 0 saturated heterocycles. The monoisotopic (exact) mass is 216 g/mol. The lowest BCUT2D eigenvalue weighted by atomic mass is 9.91. The summed E-state index contributed by atoms with van der Waals surface area (Å²) in [4.78, 5) is 11.5. The molecule has 0 aliphatic carbocycles. The molecule has 0 bridgehead atoms. The molecular formula is C12H24OS. The van der Waals surface area contributed by atoms with Gasteiger partial charge in [-0.1, -0.05) is 34.6 Å². The van der Waals surface area contributed by atoms with Gasteiger partial charge in [-0.15, -0.1) is 0 Å². The lowest BCUT2D eigenvalue weighted by molar-refractivity contribution is -0.121. The van der Waals surface area contributed by atoms with Crippen molar-refractivity contribution in [2.75, 3.05) is 0 Å². The minimum Gasteiger partial charge on any atom is -0.300 e. The van der Waals surface area contributed by atoms with E-state index < -0.39 is 0 Å². The molecule has 84 valence electrons. The van der Waals surface area contributed by atoms with E-state index in [9.17, 15) is 4.79 Å². The fourth-order valence-electron chi connectivity index (χ4n) is 1.72. The maximum Gasteiger partial charge on any atom is 0.134 e. The topological polar surface area (TPSA) is 17.1 Å². The SMILES string of the molecule is CC(=O)C(CC(C)C)C(C)SC(C)C. The van der Waals surface area contributed by atoms with Gasteiger partial charge < -0.3 is 0 Å². The van der Waals surface area contributed by atoms with Gasteiger partial charge in [-0.05, 0) is 24.5 Å². The second-order valence-corrected chi connectivity index (χ2v) is 6.70. The van der Waals surface area contributed by atoms with Gasteiger partial charge in [-0.2, -0.15) is 11.8 Å². The molecule has 14 heavy (non-hydrogen) atoms. The Morgan fingerprint density at radius 1 is 1.14 bits per heavy atom. The number of hydrogen-bond donors (Lipinski definition) is 0. The maximum atomic E-state index is 11.5. The van der Waals surface area contributed by atoms with E-state index in [2.05, 4.69) is 34.6 Å². The average molecular weight is 216 g/mol. The maximum absolute atomic E-state index is 11.5. The largest absolute Gasteiger partial charge is 0.300 e. The predicted octanol–water partition coefficient (Wildman–Crippen LogP) is 3.77. The number of Topliss-reactive ketones (excluding diaryl/α,β-unsaturated/α-hetero) is 1. The van der Waals surface area contributed by atoms with Crippen molar-refractivity contribution < 1.29 is 4.79 Å². The summed E-state index contributed by atoms with van der Waals surface area (Å²) in [5.41, 5.74) is 0. The number of ketones is 1. The second-order valence-electron chi connectivity index (χ2n) is 4.74. The van der Waals surface area contributed by atoms with Crippen molar-refractivity contribution in [3.05, 3.63) is 0 Å². The molecule has 0 fully saturated rings. The van der Waals surface area contributed by atoms with Crippen LogP contribution in [0.3, 0.4) is 0 Å². The number of carbonyl (C=O) groups excluding carboxylic acids is 1. The summed E-state index contributed by atoms with van der Waals surface area (Å²) < 4.78 is 0. The Hall–Kier alpha value is 0.0200. The Kier molecular flexibility index (Phi) is 6.50. The molecule has 0 aliphatic heterocycles. The Morgan fingerprint density at radius 3 is 1.93 bits per heavy atom. The third-order valence-corrected chi connectivity index (χ3v) is 3.60. The normalized spacial score (nSPS) is 16.0. The lowest BCUT2D eigenvalue weighted by Crippen LogP contribution is -2.24. The Balaban J connectivity index is 4.26. The molecule has 2 unspecified atom stereocenters. The summed E-state index contributed by atoms with van der Waals surface area (Å²) in [6, 6.07) is 0. The van der Waals surface area contributed by atoms with Gasteiger partial charge in [-0.3, -0.25) is 4.79 Å². The minimum absolute atomic E-state index is 0.238. The molecule has 0 aromatic heterocycles. The predicted molar refractivity (Wildman–Crippen MR) is 65.8 cm³/mol. The van der Waals surface area contributed by atoms with Gasteiger partial charge in [-0.25, -0.2) is 0 Å². The molecular weight excluding hydrogens is 192 g/mol. The highest BCUT2D eigenvalue weighted by atomic mass is 32.2. The van der Waals surface area contributed by atoms with Crippen LogP contribution in [0.1, 0.15) is 48.0 Å². The highest BCUT2D eigenvalue weighted by molar-refractivity contribution is 8.00. The first-order chi connectivity index (χ1) is 6.34. The van der Waals surface area contributed by atoms with Crippen LogP contribution in [0.2, 0.25) is 0 Å². The highest BCUT2D eigenvalue weighted by Gasteiger charge is 2.23. The van der Waals surface area contributed by atoms with Crippen LogP contribution in [0.15, 0.2) is 0 Å². The van der Waals surface area contributed by atoms with E-state index in [-0.39, 0.29) is 5.92 Å². The minimum atomic E-state index is 0.238. The fourth-order valence-corrected chi connectivity index (χ4v) is 3.07. The molecule has 0 N–H and O–H groups in total. The molecule has 0 amide bonds. The molecule has 0 spiro atoms. The van der Waals surface area contributed by atoms with Crippen LogP contribution in [0, 0.1) is 11.8 Å². The molecule has 0 aromatic rings. The van der Waals surface area contributed by atoms with E-state index >= 15 is 0 Å². The molecule has 0 saturated carbocycles. The third kappa shape index (κ3) is 5.69. The number of hydrogen-bond acceptors (Lipinski definition) is 2. The van der Waals surface area contributed by atoms with Gasteiger partial charge in [0.05, 0.1) is 0 Å². The summed E-state index contributed by atoms with van der Waals surface area (Å²) in [7, 11) is 0. The Bertz CT molecular complexity index is 175. The quantitative estimate of drug-likeness (QED) is 0.672. The summed E-state index contributed by atoms with van der Waals surface area (Å²) >= 11 is 1.91. The molecule has 0 radical (unpaired) electrons. The molecule has 2 heteroatoms. The van der Waals surface area contributed by atoms with E-state index in [0.29, 0.717) is 22.2 Å².